The lowest BCUT2D eigenvalue weighted by molar-refractivity contribution is -0.118. The van der Waals surface area contributed by atoms with E-state index in [4.69, 9.17) is 20.2 Å². The number of amides is 1. The summed E-state index contributed by atoms with van der Waals surface area (Å²) in [5.74, 6) is 2.28. The van der Waals surface area contributed by atoms with E-state index < -0.39 is 0 Å². The van der Waals surface area contributed by atoms with Crippen LogP contribution in [0.5, 0.6) is 0 Å². The highest BCUT2D eigenvalue weighted by molar-refractivity contribution is 5.93. The summed E-state index contributed by atoms with van der Waals surface area (Å²) in [5.41, 5.74) is 9.33. The molecule has 3 N–H and O–H groups in total. The predicted octanol–water partition coefficient (Wildman–Crippen LogP) is 5.62. The van der Waals surface area contributed by atoms with E-state index in [-0.39, 0.29) is 34.2 Å². The topological polar surface area (TPSA) is 134 Å². The Hall–Kier alpha value is -3.17. The Bertz CT molecular complexity index is 1320. The van der Waals surface area contributed by atoms with Gasteiger partial charge in [0.2, 0.25) is 5.91 Å². The molecule has 4 heterocycles. The molecule has 3 fully saturated rings. The second-order valence-electron chi connectivity index (χ2n) is 13.7. The van der Waals surface area contributed by atoms with E-state index in [0.717, 1.165) is 62.5 Å². The summed E-state index contributed by atoms with van der Waals surface area (Å²) in [6.45, 7) is 14.4. The van der Waals surface area contributed by atoms with E-state index in [2.05, 4.69) is 24.1 Å². The Morgan fingerprint density at radius 2 is 1.28 bits per heavy atom. The van der Waals surface area contributed by atoms with Crippen LogP contribution in [0.3, 0.4) is 0 Å². The van der Waals surface area contributed by atoms with Crippen LogP contribution < -0.4 is 11.1 Å². The van der Waals surface area contributed by atoms with Crippen molar-refractivity contribution >= 4 is 29.1 Å². The Balaban J connectivity index is 0.000000203. The molecular formula is C34H48N4O5. The first-order valence-corrected chi connectivity index (χ1v) is 15.5. The molecule has 3 aliphatic rings. The zero-order valence-electron chi connectivity index (χ0n) is 26.6. The summed E-state index contributed by atoms with van der Waals surface area (Å²) in [6.07, 6.45) is 4.82. The molecule has 0 radical (unpaired) electrons. The summed E-state index contributed by atoms with van der Waals surface area (Å²) in [5, 5.41) is 2.92. The molecule has 2 aromatic heterocycles. The highest BCUT2D eigenvalue weighted by Gasteiger charge is 2.34. The Morgan fingerprint density at radius 1 is 0.791 bits per heavy atom. The number of ketones is 2. The number of nitrogen functional groups attached to an aromatic ring is 1. The largest absolute Gasteiger partial charge is 0.384 e. The van der Waals surface area contributed by atoms with E-state index in [0.29, 0.717) is 42.9 Å². The van der Waals surface area contributed by atoms with Crippen LogP contribution in [0.1, 0.15) is 114 Å². The molecule has 9 heteroatoms. The van der Waals surface area contributed by atoms with Gasteiger partial charge in [-0.2, -0.15) is 0 Å². The molecule has 1 aliphatic carbocycles. The van der Waals surface area contributed by atoms with Gasteiger partial charge < -0.3 is 20.5 Å². The molecule has 0 aromatic carbocycles. The Labute approximate surface area is 255 Å². The van der Waals surface area contributed by atoms with E-state index >= 15 is 0 Å². The average Bonchev–Trinajstić information content (AvgIpc) is 3.37. The van der Waals surface area contributed by atoms with Crippen LogP contribution in [-0.2, 0) is 34.7 Å². The minimum atomic E-state index is -0.371. The third-order valence-corrected chi connectivity index (χ3v) is 8.48. The monoisotopic (exact) mass is 592 g/mol. The highest BCUT2D eigenvalue weighted by Crippen LogP contribution is 2.38. The summed E-state index contributed by atoms with van der Waals surface area (Å²) in [7, 11) is 0. The average molecular weight is 593 g/mol. The van der Waals surface area contributed by atoms with Crippen molar-refractivity contribution in [3.63, 3.8) is 0 Å². The molecule has 0 spiro atoms. The zero-order chi connectivity index (χ0) is 31.4. The number of ether oxygens (including phenoxy) is 2. The van der Waals surface area contributed by atoms with Crippen LogP contribution in [-0.4, -0.2) is 53.9 Å². The van der Waals surface area contributed by atoms with E-state index in [1.165, 1.54) is 5.56 Å². The van der Waals surface area contributed by atoms with Crippen LogP contribution in [0.25, 0.3) is 0 Å². The maximum absolute atomic E-state index is 12.0. The summed E-state index contributed by atoms with van der Waals surface area (Å²) >= 11 is 0. The summed E-state index contributed by atoms with van der Waals surface area (Å²) in [6, 6.07) is 7.80. The van der Waals surface area contributed by atoms with E-state index in [1.807, 2.05) is 38.1 Å². The number of nitrogens with one attached hydrogen (secondary N) is 1. The number of carbonyl (C=O) groups is 3. The van der Waals surface area contributed by atoms with Crippen LogP contribution in [0.4, 0.5) is 11.6 Å². The van der Waals surface area contributed by atoms with Gasteiger partial charge in [-0.25, -0.2) is 9.97 Å². The molecule has 43 heavy (non-hydrogen) atoms. The number of rotatable bonds is 10. The first kappa shape index (κ1) is 32.7. The Kier molecular flexibility index (Phi) is 10.4. The molecule has 2 unspecified atom stereocenters. The number of hydrogen-bond donors (Lipinski definition) is 2. The molecule has 5 rings (SSSR count). The van der Waals surface area contributed by atoms with E-state index in [1.54, 1.807) is 13.8 Å². The maximum atomic E-state index is 12.0. The zero-order valence-corrected chi connectivity index (χ0v) is 26.6. The molecule has 2 atom stereocenters. The molecule has 2 aliphatic heterocycles. The van der Waals surface area contributed by atoms with Crippen molar-refractivity contribution in [3.8, 4) is 0 Å². The van der Waals surface area contributed by atoms with Gasteiger partial charge in [-0.3, -0.25) is 14.4 Å². The third-order valence-electron chi connectivity index (χ3n) is 8.48. The summed E-state index contributed by atoms with van der Waals surface area (Å²) in [4.78, 5) is 44.5. The standard InChI is InChI=1S/C19H26N2O3.C15H22N2O2/c1-12(22)10-19(2,3)17-15(14-8-9-24-11-14)6-7-16(20-17)21-18(23)13-4-5-13;1-10(18)8-15(2,3)14-12(4-5-13(16)17-14)11-6-7-19-9-11/h6-7,13-14H,4-5,8-11H2,1-3H3,(H,20,21,23);4-5,11H,6-9H2,1-3H3,(H2,16,17). The van der Waals surface area contributed by atoms with Gasteiger partial charge in [0.25, 0.3) is 0 Å². The van der Waals surface area contributed by atoms with Gasteiger partial charge in [0.05, 0.1) is 24.6 Å². The Morgan fingerprint density at radius 3 is 1.72 bits per heavy atom. The number of nitrogens with zero attached hydrogens (tertiary/aromatic N) is 2. The number of nitrogens with two attached hydrogens (primary N) is 1. The quantitative estimate of drug-likeness (QED) is 0.363. The molecule has 9 nitrogen and oxygen atoms in total. The van der Waals surface area contributed by atoms with Crippen LogP contribution in [0.2, 0.25) is 0 Å². The van der Waals surface area contributed by atoms with Crippen molar-refractivity contribution < 1.29 is 23.9 Å². The van der Waals surface area contributed by atoms with Crippen LogP contribution in [0.15, 0.2) is 24.3 Å². The van der Waals surface area contributed by atoms with Gasteiger partial charge in [0, 0.05) is 54.6 Å². The normalized spacial score (nSPS) is 20.3. The number of carbonyl (C=O) groups excluding carboxylic acids is 3. The first-order valence-electron chi connectivity index (χ1n) is 15.5. The fourth-order valence-electron chi connectivity index (χ4n) is 6.31. The molecule has 1 amide bonds. The highest BCUT2D eigenvalue weighted by atomic mass is 16.5. The molecule has 234 valence electrons. The second kappa shape index (κ2) is 13.6. The lowest BCUT2D eigenvalue weighted by atomic mass is 9.79. The number of aromatic nitrogens is 2. The van der Waals surface area contributed by atoms with Crippen LogP contribution >= 0.6 is 0 Å². The van der Waals surface area contributed by atoms with Crippen molar-refractivity contribution in [2.45, 2.75) is 103 Å². The van der Waals surface area contributed by atoms with Gasteiger partial charge in [0.15, 0.2) is 0 Å². The van der Waals surface area contributed by atoms with Gasteiger partial charge in [-0.05, 0) is 62.8 Å². The van der Waals surface area contributed by atoms with Crippen molar-refractivity contribution in [1.82, 2.24) is 9.97 Å². The first-order chi connectivity index (χ1) is 20.3. The fourth-order valence-corrected chi connectivity index (χ4v) is 6.31. The van der Waals surface area contributed by atoms with Gasteiger partial charge in [0.1, 0.15) is 23.2 Å². The van der Waals surface area contributed by atoms with Crippen molar-refractivity contribution in [2.75, 3.05) is 37.5 Å². The van der Waals surface area contributed by atoms with Crippen molar-refractivity contribution in [2.24, 2.45) is 5.92 Å². The number of pyridine rings is 2. The molecular weight excluding hydrogens is 544 g/mol. The minimum absolute atomic E-state index is 0.0507. The second-order valence-corrected chi connectivity index (χ2v) is 13.7. The molecule has 2 aromatic rings. The maximum Gasteiger partial charge on any atom is 0.228 e. The number of Topliss-reactive ketones (excluding diaryl/α,β-unsaturated/α-hetero) is 2. The number of hydrogen-bond acceptors (Lipinski definition) is 8. The molecule has 0 bridgehead atoms. The minimum Gasteiger partial charge on any atom is -0.384 e. The lowest BCUT2D eigenvalue weighted by Crippen LogP contribution is -2.26. The number of anilines is 2. The smallest absolute Gasteiger partial charge is 0.228 e. The van der Waals surface area contributed by atoms with E-state index in [9.17, 15) is 14.4 Å². The van der Waals surface area contributed by atoms with Crippen LogP contribution in [0, 0.1) is 5.92 Å². The predicted molar refractivity (Wildman–Crippen MR) is 167 cm³/mol. The fraction of sp³-hybridized carbons (Fsp3) is 0.618. The van der Waals surface area contributed by atoms with Crippen molar-refractivity contribution in [1.29, 1.82) is 0 Å². The van der Waals surface area contributed by atoms with Gasteiger partial charge in [-0.1, -0.05) is 39.8 Å². The molecule has 1 saturated carbocycles. The lowest BCUT2D eigenvalue weighted by Gasteiger charge is -2.28. The van der Waals surface area contributed by atoms with Crippen molar-refractivity contribution in [3.05, 3.63) is 46.8 Å². The van der Waals surface area contributed by atoms with Gasteiger partial charge in [-0.15, -0.1) is 0 Å². The third kappa shape index (κ3) is 8.70. The van der Waals surface area contributed by atoms with Gasteiger partial charge >= 0.3 is 0 Å². The summed E-state index contributed by atoms with van der Waals surface area (Å²) < 4.78 is 11.0. The molecule has 2 saturated heterocycles. The SMILES string of the molecule is CC(=O)CC(C)(C)c1nc(N)ccc1C1CCOC1.CC(=O)CC(C)(C)c1nc(NC(=O)C2CC2)ccc1C1CCOC1.